The highest BCUT2D eigenvalue weighted by Crippen LogP contribution is 2.11. The van der Waals surface area contributed by atoms with Crippen LogP contribution in [0, 0.1) is 0 Å². The van der Waals surface area contributed by atoms with E-state index in [1.165, 1.54) is 16.9 Å². The first kappa shape index (κ1) is 38.7. The molecule has 0 aliphatic carbocycles. The van der Waals surface area contributed by atoms with Gasteiger partial charge in [-0.05, 0) is 38.0 Å². The number of halogens is 1. The van der Waals surface area contributed by atoms with Crippen LogP contribution in [0.5, 0.6) is 0 Å². The highest BCUT2D eigenvalue weighted by Gasteiger charge is 2.23. The molecule has 0 aliphatic heterocycles. The predicted octanol–water partition coefficient (Wildman–Crippen LogP) is -1.84. The molecule has 0 saturated heterocycles. The molecule has 0 unspecified atom stereocenters. The highest BCUT2D eigenvalue weighted by molar-refractivity contribution is 6.30. The number of rotatable bonds is 20. The lowest BCUT2D eigenvalue weighted by Gasteiger charge is -2.27. The van der Waals surface area contributed by atoms with Crippen molar-refractivity contribution in [3.63, 3.8) is 0 Å². The highest BCUT2D eigenvalue weighted by atomic mass is 35.5. The third-order valence-corrected chi connectivity index (χ3v) is 6.43. The summed E-state index contributed by atoms with van der Waals surface area (Å²) >= 11 is 5.90. The number of aliphatic carboxylic acids is 1. The van der Waals surface area contributed by atoms with E-state index in [9.17, 15) is 33.6 Å². The van der Waals surface area contributed by atoms with Gasteiger partial charge >= 0.3 is 5.97 Å². The zero-order valence-corrected chi connectivity index (χ0v) is 26.4. The lowest BCUT2D eigenvalue weighted by atomic mass is 10.2. The number of amides is 6. The van der Waals surface area contributed by atoms with Gasteiger partial charge in [0, 0.05) is 37.9 Å². The monoisotopic (exact) mass is 655 g/mol. The van der Waals surface area contributed by atoms with Gasteiger partial charge in [-0.25, -0.2) is 0 Å². The van der Waals surface area contributed by atoms with Gasteiger partial charge in [-0.3, -0.25) is 33.6 Å². The van der Waals surface area contributed by atoms with Crippen LogP contribution in [0.2, 0.25) is 5.02 Å². The number of hydrogen-bond donors (Lipinski definition) is 5. The van der Waals surface area contributed by atoms with Gasteiger partial charge in [0.1, 0.15) is 6.54 Å². The molecule has 250 valence electrons. The minimum Gasteiger partial charge on any atom is -0.480 e. The summed E-state index contributed by atoms with van der Waals surface area (Å²) < 4.78 is 4.96. The molecule has 17 heteroatoms. The molecule has 1 aromatic carbocycles. The fourth-order valence-corrected chi connectivity index (χ4v) is 3.95. The molecular weight excluding hydrogens is 614 g/mol. The zero-order valence-electron chi connectivity index (χ0n) is 25.7. The summed E-state index contributed by atoms with van der Waals surface area (Å²) in [5.41, 5.74) is 6.21. The Morgan fingerprint density at radius 1 is 0.822 bits per heavy atom. The van der Waals surface area contributed by atoms with E-state index in [2.05, 4.69) is 16.0 Å². The minimum atomic E-state index is -1.24. The molecule has 0 bridgehead atoms. The molecule has 0 spiro atoms. The summed E-state index contributed by atoms with van der Waals surface area (Å²) in [6.07, 6.45) is 0.392. The SMILES string of the molecule is COCCCN(CC(=O)NCC(=O)O)C(=O)CNC(=O)CN(C(=O)CNC(=O)CN(Cc1ccc(Cl)cc1)C(=O)CN)C(C)C. The Morgan fingerprint density at radius 2 is 1.36 bits per heavy atom. The van der Waals surface area contributed by atoms with Crippen LogP contribution in [0.3, 0.4) is 0 Å². The Bertz CT molecular complexity index is 1180. The summed E-state index contributed by atoms with van der Waals surface area (Å²) in [4.78, 5) is 89.5. The van der Waals surface area contributed by atoms with E-state index >= 15 is 0 Å². The van der Waals surface area contributed by atoms with E-state index in [4.69, 9.17) is 27.2 Å². The van der Waals surface area contributed by atoms with Gasteiger partial charge in [0.15, 0.2) is 0 Å². The second-order valence-electron chi connectivity index (χ2n) is 10.1. The number of carboxylic acid groups (broad SMARTS) is 1. The first-order valence-corrected chi connectivity index (χ1v) is 14.4. The van der Waals surface area contributed by atoms with E-state index in [1.54, 1.807) is 38.1 Å². The molecule has 0 aliphatic rings. The molecule has 0 saturated carbocycles. The maximum Gasteiger partial charge on any atom is 0.322 e. The Hall–Kier alpha value is -4.28. The molecule has 6 N–H and O–H groups in total. The number of carbonyl (C=O) groups excluding carboxylic acids is 6. The molecule has 0 atom stereocenters. The minimum absolute atomic E-state index is 0.0996. The summed E-state index contributed by atoms with van der Waals surface area (Å²) in [6, 6.07) is 6.26. The van der Waals surface area contributed by atoms with E-state index < -0.39 is 80.2 Å². The first-order valence-electron chi connectivity index (χ1n) is 14.1. The average Bonchev–Trinajstić information content (AvgIpc) is 2.99. The van der Waals surface area contributed by atoms with Crippen LogP contribution in [0.4, 0.5) is 0 Å². The molecular formula is C28H42ClN7O9. The van der Waals surface area contributed by atoms with Crippen molar-refractivity contribution in [2.75, 3.05) is 66.1 Å². The van der Waals surface area contributed by atoms with Crippen LogP contribution in [0.1, 0.15) is 25.8 Å². The zero-order chi connectivity index (χ0) is 33.9. The molecule has 0 aromatic heterocycles. The second kappa shape index (κ2) is 20.6. The smallest absolute Gasteiger partial charge is 0.322 e. The number of hydrogen-bond acceptors (Lipinski definition) is 9. The maximum absolute atomic E-state index is 12.9. The predicted molar refractivity (Wildman–Crippen MR) is 163 cm³/mol. The number of ether oxygens (including phenoxy) is 1. The molecule has 45 heavy (non-hydrogen) atoms. The van der Waals surface area contributed by atoms with E-state index in [-0.39, 0.29) is 26.2 Å². The van der Waals surface area contributed by atoms with Gasteiger partial charge in [0.25, 0.3) is 0 Å². The topological polar surface area (TPSA) is 221 Å². The van der Waals surface area contributed by atoms with Gasteiger partial charge < -0.3 is 46.2 Å². The Kier molecular flexibility index (Phi) is 17.8. The van der Waals surface area contributed by atoms with Crippen molar-refractivity contribution in [1.82, 2.24) is 30.7 Å². The van der Waals surface area contributed by atoms with Gasteiger partial charge in [-0.2, -0.15) is 0 Å². The van der Waals surface area contributed by atoms with E-state index in [1.807, 2.05) is 0 Å². The first-order chi connectivity index (χ1) is 21.3. The van der Waals surface area contributed by atoms with Gasteiger partial charge in [-0.1, -0.05) is 23.7 Å². The molecule has 0 heterocycles. The van der Waals surface area contributed by atoms with Crippen molar-refractivity contribution < 1.29 is 43.4 Å². The molecule has 6 amide bonds. The van der Waals surface area contributed by atoms with Crippen molar-refractivity contribution in [3.05, 3.63) is 34.9 Å². The number of carbonyl (C=O) groups is 7. The van der Waals surface area contributed by atoms with Crippen molar-refractivity contribution in [2.24, 2.45) is 5.73 Å². The van der Waals surface area contributed by atoms with E-state index in [0.717, 1.165) is 10.5 Å². The van der Waals surface area contributed by atoms with Crippen molar-refractivity contribution in [3.8, 4) is 0 Å². The largest absolute Gasteiger partial charge is 0.480 e. The molecule has 16 nitrogen and oxygen atoms in total. The standard InChI is InChI=1S/C28H42ClN7O9/c1-19(2)36(18-24(39)31-12-26(41)34(9-4-10-45-3)16-22(37)33-14-28(43)44)27(42)13-32-23(38)17-35(25(40)11-30)15-20-5-7-21(29)8-6-20/h5-8,19H,4,9-18,30H2,1-3H3,(H,31,39)(H,32,38)(H,33,37)(H,43,44). The third kappa shape index (κ3) is 15.8. The van der Waals surface area contributed by atoms with Crippen LogP contribution >= 0.6 is 11.6 Å². The molecule has 1 aromatic rings. The Morgan fingerprint density at radius 3 is 1.89 bits per heavy atom. The van der Waals surface area contributed by atoms with Crippen molar-refractivity contribution in [2.45, 2.75) is 32.9 Å². The van der Waals surface area contributed by atoms with Crippen LogP contribution in [-0.4, -0.2) is 133 Å². The fourth-order valence-electron chi connectivity index (χ4n) is 3.83. The van der Waals surface area contributed by atoms with Crippen LogP contribution in [-0.2, 0) is 44.8 Å². The average molecular weight is 656 g/mol. The van der Waals surface area contributed by atoms with Crippen molar-refractivity contribution in [1.29, 1.82) is 0 Å². The molecule has 0 fully saturated rings. The third-order valence-electron chi connectivity index (χ3n) is 6.18. The molecule has 1 rings (SSSR count). The van der Waals surface area contributed by atoms with Crippen LogP contribution in [0.25, 0.3) is 0 Å². The van der Waals surface area contributed by atoms with Gasteiger partial charge in [0.2, 0.25) is 35.4 Å². The Labute approximate surface area is 266 Å². The second-order valence-corrected chi connectivity index (χ2v) is 10.5. The van der Waals surface area contributed by atoms with Crippen LogP contribution < -0.4 is 21.7 Å². The normalized spacial score (nSPS) is 10.5. The van der Waals surface area contributed by atoms with Crippen LogP contribution in [0.15, 0.2) is 24.3 Å². The maximum atomic E-state index is 12.9. The number of nitrogens with two attached hydrogens (primary N) is 1. The lowest BCUT2D eigenvalue weighted by Crippen LogP contribution is -2.51. The van der Waals surface area contributed by atoms with E-state index in [0.29, 0.717) is 18.1 Å². The number of methoxy groups -OCH3 is 1. The number of nitrogens with zero attached hydrogens (tertiary/aromatic N) is 3. The molecule has 0 radical (unpaired) electrons. The summed E-state index contributed by atoms with van der Waals surface area (Å²) in [6.45, 7) is 0.802. The number of carboxylic acids is 1. The Balaban J connectivity index is 2.70. The van der Waals surface area contributed by atoms with Crippen molar-refractivity contribution >= 4 is 53.0 Å². The number of benzene rings is 1. The number of nitrogens with one attached hydrogen (secondary N) is 3. The summed E-state index contributed by atoms with van der Waals surface area (Å²) in [5.74, 6) is -4.85. The van der Waals surface area contributed by atoms with Gasteiger partial charge in [0.05, 0.1) is 39.3 Å². The van der Waals surface area contributed by atoms with Gasteiger partial charge in [-0.15, -0.1) is 0 Å². The lowest BCUT2D eigenvalue weighted by molar-refractivity contribution is -0.140. The summed E-state index contributed by atoms with van der Waals surface area (Å²) in [5, 5.41) is 16.3. The summed E-state index contributed by atoms with van der Waals surface area (Å²) in [7, 11) is 1.47. The fraction of sp³-hybridized carbons (Fsp3) is 0.536. The quantitative estimate of drug-likeness (QED) is 0.0988.